The van der Waals surface area contributed by atoms with Crippen LogP contribution in [0.4, 0.5) is 9.18 Å². The number of piperidine rings is 1. The molecule has 2 atom stereocenters. The van der Waals surface area contributed by atoms with Gasteiger partial charge in [-0.05, 0) is 18.6 Å². The van der Waals surface area contributed by atoms with Gasteiger partial charge in [0.1, 0.15) is 22.9 Å². The second-order valence-corrected chi connectivity index (χ2v) is 12.0. The summed E-state index contributed by atoms with van der Waals surface area (Å²) in [6.07, 6.45) is 2.66. The van der Waals surface area contributed by atoms with Gasteiger partial charge in [-0.25, -0.2) is 27.6 Å². The van der Waals surface area contributed by atoms with Gasteiger partial charge in [0.25, 0.3) is 0 Å². The van der Waals surface area contributed by atoms with Crippen molar-refractivity contribution in [3.05, 3.63) is 35.7 Å². The van der Waals surface area contributed by atoms with Gasteiger partial charge in [0.05, 0.1) is 30.2 Å². The molecule has 2 aliphatic heterocycles. The molecule has 192 valence electrons. The van der Waals surface area contributed by atoms with E-state index in [1.165, 1.54) is 29.8 Å². The molecule has 36 heavy (non-hydrogen) atoms. The summed E-state index contributed by atoms with van der Waals surface area (Å²) in [6.45, 7) is 4.18. The first-order valence-corrected chi connectivity index (χ1v) is 14.4. The van der Waals surface area contributed by atoms with E-state index in [1.54, 1.807) is 10.3 Å². The van der Waals surface area contributed by atoms with Crippen LogP contribution < -0.4 is 4.74 Å². The third-order valence-electron chi connectivity index (χ3n) is 6.42. The Labute approximate surface area is 212 Å². The number of fused-ring (bicyclic) bond motifs is 3. The number of nitrogens with zero attached hydrogens (tertiary/aromatic N) is 3. The van der Waals surface area contributed by atoms with Gasteiger partial charge in [-0.15, -0.1) is 11.3 Å². The number of hydrogen-bond donors (Lipinski definition) is 0. The predicted octanol–water partition coefficient (Wildman–Crippen LogP) is 3.77. The molecule has 2 aliphatic rings. The Bertz CT molecular complexity index is 1380. The van der Waals surface area contributed by atoms with E-state index in [-0.39, 0.29) is 34.5 Å². The van der Waals surface area contributed by atoms with Crippen LogP contribution in [0.3, 0.4) is 0 Å². The number of carbonyl (C=O) groups is 1. The number of rotatable bonds is 6. The average molecular weight is 536 g/mol. The van der Waals surface area contributed by atoms with Crippen molar-refractivity contribution in [3.8, 4) is 17.0 Å². The van der Waals surface area contributed by atoms with Gasteiger partial charge in [0, 0.05) is 47.7 Å². The molecule has 2 aromatic heterocycles. The maximum absolute atomic E-state index is 14.9. The summed E-state index contributed by atoms with van der Waals surface area (Å²) in [6, 6.07) is 3.86. The van der Waals surface area contributed by atoms with Crippen LogP contribution in [-0.2, 0) is 19.3 Å². The molecule has 9 nitrogen and oxygen atoms in total. The molecule has 2 unspecified atom stereocenters. The van der Waals surface area contributed by atoms with E-state index in [2.05, 4.69) is 9.97 Å². The van der Waals surface area contributed by atoms with Gasteiger partial charge in [-0.2, -0.15) is 0 Å². The third kappa shape index (κ3) is 4.76. The summed E-state index contributed by atoms with van der Waals surface area (Å²) >= 11 is 1.33. The van der Waals surface area contributed by atoms with Gasteiger partial charge in [0.15, 0.2) is 9.84 Å². The van der Waals surface area contributed by atoms with Crippen LogP contribution in [0, 0.1) is 17.7 Å². The molecular weight excluding hydrogens is 509 g/mol. The molecule has 0 saturated carbocycles. The number of carbonyl (C=O) groups excluding carboxylic acids is 1. The molecule has 0 radical (unpaired) electrons. The molecule has 2 fully saturated rings. The van der Waals surface area contributed by atoms with Crippen molar-refractivity contribution in [2.75, 3.05) is 39.2 Å². The Morgan fingerprint density at radius 3 is 2.64 bits per heavy atom. The number of amides is 1. The Balaban J connectivity index is 1.40. The Morgan fingerprint density at radius 1 is 1.22 bits per heavy atom. The van der Waals surface area contributed by atoms with Crippen molar-refractivity contribution in [2.45, 2.75) is 24.3 Å². The summed E-state index contributed by atoms with van der Waals surface area (Å²) in [5.74, 6) is -0.338. The molecule has 5 rings (SSSR count). The highest BCUT2D eigenvalue weighted by atomic mass is 32.2. The Morgan fingerprint density at radius 2 is 1.97 bits per heavy atom. The lowest BCUT2D eigenvalue weighted by molar-refractivity contribution is -0.109. The lowest BCUT2D eigenvalue weighted by atomic mass is 9.84. The van der Waals surface area contributed by atoms with Crippen LogP contribution in [0.1, 0.15) is 13.3 Å². The molecule has 0 spiro atoms. The number of sulfone groups is 1. The molecule has 12 heteroatoms. The zero-order valence-electron chi connectivity index (χ0n) is 19.8. The zero-order valence-corrected chi connectivity index (χ0v) is 21.5. The van der Waals surface area contributed by atoms with Crippen molar-refractivity contribution in [1.29, 1.82) is 0 Å². The molecular formula is C24H26FN3O6S2. The van der Waals surface area contributed by atoms with Gasteiger partial charge in [-0.1, -0.05) is 13.0 Å². The highest BCUT2D eigenvalue weighted by molar-refractivity contribution is 7.90. The maximum Gasteiger partial charge on any atom is 0.409 e. The van der Waals surface area contributed by atoms with Crippen LogP contribution in [0.5, 0.6) is 5.88 Å². The third-order valence-corrected chi connectivity index (χ3v) is 8.49. The van der Waals surface area contributed by atoms with E-state index in [0.717, 1.165) is 18.7 Å². The first kappa shape index (κ1) is 24.8. The van der Waals surface area contributed by atoms with Crippen molar-refractivity contribution >= 4 is 37.5 Å². The van der Waals surface area contributed by atoms with E-state index < -0.39 is 15.7 Å². The first-order chi connectivity index (χ1) is 17.3. The molecule has 0 aliphatic carbocycles. The van der Waals surface area contributed by atoms with Crippen molar-refractivity contribution in [2.24, 2.45) is 11.8 Å². The van der Waals surface area contributed by atoms with Crippen molar-refractivity contribution in [1.82, 2.24) is 14.9 Å². The molecule has 0 N–H and O–H groups in total. The summed E-state index contributed by atoms with van der Waals surface area (Å²) in [7, 11) is -3.52. The summed E-state index contributed by atoms with van der Waals surface area (Å²) in [5.41, 5.74) is 1.32. The van der Waals surface area contributed by atoms with Gasteiger partial charge in [0.2, 0.25) is 5.88 Å². The van der Waals surface area contributed by atoms with Gasteiger partial charge in [-0.3, -0.25) is 0 Å². The number of ether oxygens (including phenoxy) is 3. The smallest absolute Gasteiger partial charge is 0.409 e. The molecule has 2 saturated heterocycles. The molecule has 3 aromatic rings. The largest absolute Gasteiger partial charge is 0.472 e. The molecule has 2 bridgehead atoms. The quantitative estimate of drug-likeness (QED) is 0.469. The van der Waals surface area contributed by atoms with E-state index in [4.69, 9.17) is 14.2 Å². The Hall–Kier alpha value is -2.83. The highest BCUT2D eigenvalue weighted by Gasteiger charge is 2.44. The molecule has 4 heterocycles. The minimum Gasteiger partial charge on any atom is -0.472 e. The second kappa shape index (κ2) is 9.91. The van der Waals surface area contributed by atoms with Crippen LogP contribution in [0.25, 0.3) is 21.3 Å². The van der Waals surface area contributed by atoms with Gasteiger partial charge >= 0.3 is 6.09 Å². The van der Waals surface area contributed by atoms with E-state index in [9.17, 15) is 17.6 Å². The van der Waals surface area contributed by atoms with E-state index in [1.807, 2.05) is 6.92 Å². The van der Waals surface area contributed by atoms with Crippen LogP contribution in [0.15, 0.2) is 34.8 Å². The minimum absolute atomic E-state index is 0.0443. The lowest BCUT2D eigenvalue weighted by Gasteiger charge is -2.45. The van der Waals surface area contributed by atoms with Gasteiger partial charge < -0.3 is 19.1 Å². The topological polar surface area (TPSA) is 108 Å². The summed E-state index contributed by atoms with van der Waals surface area (Å²) in [4.78, 5) is 22.8. The number of thiophene rings is 1. The normalized spacial score (nSPS) is 22.0. The first-order valence-electron chi connectivity index (χ1n) is 11.6. The number of halogens is 1. The van der Waals surface area contributed by atoms with Crippen LogP contribution >= 0.6 is 11.3 Å². The minimum atomic E-state index is -3.52. The second-order valence-electron chi connectivity index (χ2n) is 9.08. The molecule has 1 aromatic carbocycles. The Kier molecular flexibility index (Phi) is 6.84. The lowest BCUT2D eigenvalue weighted by Crippen LogP contribution is -2.58. The van der Waals surface area contributed by atoms with Crippen LogP contribution in [0.2, 0.25) is 0 Å². The number of benzene rings is 1. The average Bonchev–Trinajstić information content (AvgIpc) is 3.26. The fourth-order valence-electron chi connectivity index (χ4n) is 4.70. The number of likely N-dealkylation sites (tertiary alicyclic amines) is 1. The van der Waals surface area contributed by atoms with Crippen LogP contribution in [-0.4, -0.2) is 74.6 Å². The van der Waals surface area contributed by atoms with E-state index >= 15 is 0 Å². The standard InChI is InChI=1S/C24H26FN3O6S2/c1-3-6-33-24(29)28-8-14-10-32-11-15(9-28)21(14)34-23-22-20(26-13-27-23)18(12-35-22)17-5-4-16(7-19(17)25)36(2,30)31/h4-5,7,12-15,21H,3,6,8-11H2,1-2H3. The predicted molar refractivity (Wildman–Crippen MR) is 131 cm³/mol. The zero-order chi connectivity index (χ0) is 25.4. The highest BCUT2D eigenvalue weighted by Crippen LogP contribution is 2.40. The maximum atomic E-state index is 14.9. The fourth-order valence-corrected chi connectivity index (χ4v) is 6.28. The fraction of sp³-hybridized carbons (Fsp3) is 0.458. The number of hydrogen-bond acceptors (Lipinski definition) is 9. The molecule has 1 amide bonds. The monoisotopic (exact) mass is 535 g/mol. The summed E-state index contributed by atoms with van der Waals surface area (Å²) in [5, 5.41) is 1.76. The van der Waals surface area contributed by atoms with E-state index in [0.29, 0.717) is 54.6 Å². The van der Waals surface area contributed by atoms with Crippen molar-refractivity contribution in [3.63, 3.8) is 0 Å². The summed E-state index contributed by atoms with van der Waals surface area (Å²) < 4.78 is 56.6. The van der Waals surface area contributed by atoms with Crippen molar-refractivity contribution < 1.29 is 31.8 Å². The number of aromatic nitrogens is 2. The SMILES string of the molecule is CCCOC(=O)N1CC2COCC(C1)C2Oc1ncnc2c(-c3ccc(S(C)(=O)=O)cc3F)csc12.